The number of nitro groups is 1. The summed E-state index contributed by atoms with van der Waals surface area (Å²) >= 11 is 12.2. The molecule has 0 aromatic heterocycles. The van der Waals surface area contributed by atoms with Crippen molar-refractivity contribution in [1.82, 2.24) is 10.2 Å². The Hall–Kier alpha value is -2.55. The van der Waals surface area contributed by atoms with Crippen LogP contribution in [0, 0.1) is 10.1 Å². The van der Waals surface area contributed by atoms with Gasteiger partial charge in [-0.15, -0.1) is 0 Å². The van der Waals surface area contributed by atoms with Gasteiger partial charge in [0.15, 0.2) is 0 Å². The molecule has 0 saturated carbocycles. The van der Waals surface area contributed by atoms with E-state index >= 15 is 0 Å². The minimum Gasteiger partial charge on any atom is -0.465 e. The number of carbonyl (C=O) groups is 1. The van der Waals surface area contributed by atoms with Crippen molar-refractivity contribution >= 4 is 46.4 Å². The number of halogens is 2. The molecule has 1 fully saturated rings. The lowest BCUT2D eigenvalue weighted by Gasteiger charge is -2.32. The van der Waals surface area contributed by atoms with Crippen LogP contribution in [0.5, 0.6) is 0 Å². The minimum absolute atomic E-state index is 0.0744. The average molecular weight is 439 g/mol. The van der Waals surface area contributed by atoms with Gasteiger partial charge in [0.05, 0.1) is 11.0 Å². The van der Waals surface area contributed by atoms with Crippen LogP contribution in [-0.2, 0) is 0 Å². The zero-order chi connectivity index (χ0) is 21.1. The number of hydrogen-bond donors (Lipinski definition) is 2. The fourth-order valence-corrected chi connectivity index (χ4v) is 3.98. The Morgan fingerprint density at radius 3 is 2.59 bits per heavy atom. The molecule has 1 aliphatic rings. The van der Waals surface area contributed by atoms with Crippen LogP contribution in [0.25, 0.3) is 0 Å². The van der Waals surface area contributed by atoms with Crippen LogP contribution < -0.4 is 10.2 Å². The fourth-order valence-electron chi connectivity index (χ4n) is 3.47. The van der Waals surface area contributed by atoms with Gasteiger partial charge >= 0.3 is 6.09 Å². The van der Waals surface area contributed by atoms with Gasteiger partial charge in [-0.05, 0) is 36.8 Å². The lowest BCUT2D eigenvalue weighted by molar-refractivity contribution is -0.384. The maximum atomic E-state index is 11.8. The zero-order valence-electron chi connectivity index (χ0n) is 15.6. The first kappa shape index (κ1) is 21.2. The van der Waals surface area contributed by atoms with E-state index in [0.29, 0.717) is 46.6 Å². The Kier molecular flexibility index (Phi) is 6.46. The van der Waals surface area contributed by atoms with Crippen molar-refractivity contribution in [3.05, 3.63) is 62.1 Å². The maximum absolute atomic E-state index is 11.8. The fraction of sp³-hybridized carbons (Fsp3) is 0.316. The first-order valence-electron chi connectivity index (χ1n) is 9.03. The van der Waals surface area contributed by atoms with Gasteiger partial charge in [0.25, 0.3) is 5.69 Å². The largest absolute Gasteiger partial charge is 0.465 e. The lowest BCUT2D eigenvalue weighted by Crippen LogP contribution is -2.47. The molecule has 1 atom stereocenters. The van der Waals surface area contributed by atoms with Crippen LogP contribution in [0.4, 0.5) is 21.9 Å². The van der Waals surface area contributed by atoms with Crippen molar-refractivity contribution in [2.24, 2.45) is 0 Å². The molecule has 8 nitrogen and oxygen atoms in total. The van der Waals surface area contributed by atoms with Crippen LogP contribution in [-0.4, -0.2) is 47.2 Å². The summed E-state index contributed by atoms with van der Waals surface area (Å²) in [4.78, 5) is 25.7. The van der Waals surface area contributed by atoms with E-state index in [1.165, 1.54) is 11.0 Å². The number of benzene rings is 2. The van der Waals surface area contributed by atoms with Crippen LogP contribution in [0.15, 0.2) is 36.4 Å². The van der Waals surface area contributed by atoms with Gasteiger partial charge in [0, 0.05) is 48.0 Å². The molecule has 154 valence electrons. The molecular weight excluding hydrogens is 419 g/mol. The third kappa shape index (κ3) is 4.72. The van der Waals surface area contributed by atoms with Crippen molar-refractivity contribution < 1.29 is 14.8 Å². The number of nitrogens with zero attached hydrogens (tertiary/aromatic N) is 3. The normalized spacial score (nSPS) is 16.5. The van der Waals surface area contributed by atoms with Crippen molar-refractivity contribution in [3.63, 3.8) is 0 Å². The summed E-state index contributed by atoms with van der Waals surface area (Å²) in [6, 6.07) is 9.62. The van der Waals surface area contributed by atoms with E-state index in [0.717, 1.165) is 0 Å². The van der Waals surface area contributed by atoms with Crippen molar-refractivity contribution in [3.8, 4) is 0 Å². The van der Waals surface area contributed by atoms with E-state index in [2.05, 4.69) is 5.32 Å². The van der Waals surface area contributed by atoms with Gasteiger partial charge in [-0.3, -0.25) is 10.1 Å². The van der Waals surface area contributed by atoms with Gasteiger partial charge in [0.1, 0.15) is 5.69 Å². The second-order valence-corrected chi connectivity index (χ2v) is 7.49. The summed E-state index contributed by atoms with van der Waals surface area (Å²) < 4.78 is 0. The molecule has 2 N–H and O–H groups in total. The van der Waals surface area contributed by atoms with E-state index in [-0.39, 0.29) is 18.3 Å². The van der Waals surface area contributed by atoms with Crippen LogP contribution in [0.3, 0.4) is 0 Å². The summed E-state index contributed by atoms with van der Waals surface area (Å²) in [6.45, 7) is 3.43. The van der Waals surface area contributed by atoms with Crippen LogP contribution in [0.1, 0.15) is 18.5 Å². The third-order valence-corrected chi connectivity index (χ3v) is 5.25. The Labute approximate surface area is 177 Å². The second-order valence-electron chi connectivity index (χ2n) is 6.61. The smallest absolute Gasteiger partial charge is 0.407 e. The molecule has 1 heterocycles. The summed E-state index contributed by atoms with van der Waals surface area (Å²) in [6.07, 6.45) is -1.00. The van der Waals surface area contributed by atoms with Crippen LogP contribution in [0.2, 0.25) is 10.0 Å². The SMILES string of the molecule is CCN(c1cc(Cl)cc(Cl)c1)c1ccc(C2CN(C(=O)O)CCN2)cc1[N+](=O)[O-]. The van der Waals surface area contributed by atoms with E-state index < -0.39 is 11.0 Å². The Morgan fingerprint density at radius 2 is 2.00 bits per heavy atom. The standard InChI is InChI=1S/C19H20Cl2N4O4/c1-2-24(15-9-13(20)8-14(21)10-15)17-4-3-12(7-18(17)25(28)29)16-11-23(19(26)27)6-5-22-16/h3-4,7-10,16,22H,2,5-6,11H2,1H3,(H,26,27). The maximum Gasteiger partial charge on any atom is 0.407 e. The number of hydrogen-bond acceptors (Lipinski definition) is 5. The number of nitro benzene ring substituents is 1. The number of nitrogens with one attached hydrogen (secondary N) is 1. The number of amides is 1. The molecule has 3 rings (SSSR count). The quantitative estimate of drug-likeness (QED) is 0.518. The molecule has 0 bridgehead atoms. The topological polar surface area (TPSA) is 99.0 Å². The minimum atomic E-state index is -1.00. The molecule has 0 aliphatic carbocycles. The van der Waals surface area contributed by atoms with E-state index in [1.54, 1.807) is 35.2 Å². The molecule has 0 spiro atoms. The molecule has 29 heavy (non-hydrogen) atoms. The second kappa shape index (κ2) is 8.86. The predicted octanol–water partition coefficient (Wildman–Crippen LogP) is 4.68. The van der Waals surface area contributed by atoms with Crippen molar-refractivity contribution in [2.75, 3.05) is 31.1 Å². The number of carboxylic acid groups (broad SMARTS) is 1. The Bertz CT molecular complexity index is 920. The van der Waals surface area contributed by atoms with Gasteiger partial charge in [-0.2, -0.15) is 0 Å². The molecule has 1 amide bonds. The Morgan fingerprint density at radius 1 is 1.31 bits per heavy atom. The molecule has 1 saturated heterocycles. The molecule has 10 heteroatoms. The highest BCUT2D eigenvalue weighted by Crippen LogP contribution is 2.37. The molecule has 1 unspecified atom stereocenters. The first-order valence-corrected chi connectivity index (χ1v) is 9.79. The highest BCUT2D eigenvalue weighted by molar-refractivity contribution is 6.35. The van der Waals surface area contributed by atoms with Crippen molar-refractivity contribution in [2.45, 2.75) is 13.0 Å². The molecule has 0 radical (unpaired) electrons. The van der Waals surface area contributed by atoms with Gasteiger partial charge in [-0.25, -0.2) is 4.79 Å². The summed E-state index contributed by atoms with van der Waals surface area (Å²) in [5.41, 5.74) is 1.64. The summed E-state index contributed by atoms with van der Waals surface area (Å²) in [5.74, 6) is 0. The highest BCUT2D eigenvalue weighted by Gasteiger charge is 2.27. The predicted molar refractivity (Wildman–Crippen MR) is 113 cm³/mol. The number of piperazine rings is 1. The van der Waals surface area contributed by atoms with E-state index in [9.17, 15) is 20.0 Å². The average Bonchev–Trinajstić information content (AvgIpc) is 2.68. The first-order chi connectivity index (χ1) is 13.8. The Balaban J connectivity index is 1.99. The summed E-state index contributed by atoms with van der Waals surface area (Å²) in [5, 5.41) is 25.1. The van der Waals surface area contributed by atoms with E-state index in [4.69, 9.17) is 23.2 Å². The third-order valence-electron chi connectivity index (χ3n) is 4.81. The molecule has 1 aliphatic heterocycles. The molecule has 2 aromatic carbocycles. The van der Waals surface area contributed by atoms with Crippen molar-refractivity contribution in [1.29, 1.82) is 0 Å². The zero-order valence-corrected chi connectivity index (χ0v) is 17.2. The molecular formula is C19H20Cl2N4O4. The van der Waals surface area contributed by atoms with Crippen LogP contribution >= 0.6 is 23.2 Å². The summed E-state index contributed by atoms with van der Waals surface area (Å²) in [7, 11) is 0. The van der Waals surface area contributed by atoms with E-state index in [1.807, 2.05) is 6.92 Å². The number of rotatable bonds is 5. The van der Waals surface area contributed by atoms with Gasteiger partial charge in [-0.1, -0.05) is 29.3 Å². The monoisotopic (exact) mass is 438 g/mol. The lowest BCUT2D eigenvalue weighted by atomic mass is 10.0. The van der Waals surface area contributed by atoms with Gasteiger partial charge in [0.2, 0.25) is 0 Å². The van der Waals surface area contributed by atoms with Gasteiger partial charge < -0.3 is 20.2 Å². The molecule has 2 aromatic rings. The number of anilines is 2. The highest BCUT2D eigenvalue weighted by atomic mass is 35.5.